The molecule has 43 heavy (non-hydrogen) atoms. The number of amides is 5. The maximum absolute atomic E-state index is 13.5. The van der Waals surface area contributed by atoms with Crippen LogP contribution in [0.5, 0.6) is 0 Å². The molecule has 0 bridgehead atoms. The fraction of sp³-hybridized carbons (Fsp3) is 0.733. The van der Waals surface area contributed by atoms with Crippen molar-refractivity contribution in [2.24, 2.45) is 17.8 Å². The van der Waals surface area contributed by atoms with Crippen LogP contribution in [0.3, 0.4) is 0 Å². The first-order chi connectivity index (χ1) is 19.9. The molecule has 5 N–H and O–H groups in total. The molecule has 1 fully saturated rings. The van der Waals surface area contributed by atoms with Crippen LogP contribution in [0.15, 0.2) is 12.2 Å². The van der Waals surface area contributed by atoms with Gasteiger partial charge in [0.25, 0.3) is 0 Å². The monoisotopic (exact) mass is 609 g/mol. The number of alkyl carbamates (subject to hydrolysis) is 1. The molecule has 13 nitrogen and oxygen atoms in total. The van der Waals surface area contributed by atoms with E-state index in [1.807, 2.05) is 13.8 Å². The highest BCUT2D eigenvalue weighted by molar-refractivity contribution is 5.94. The van der Waals surface area contributed by atoms with Gasteiger partial charge in [0, 0.05) is 24.6 Å². The third-order valence-corrected chi connectivity index (χ3v) is 6.49. The van der Waals surface area contributed by atoms with Crippen LogP contribution < -0.4 is 26.6 Å². The number of carbonyl (C=O) groups excluding carboxylic acids is 6. The van der Waals surface area contributed by atoms with Gasteiger partial charge in [0.1, 0.15) is 23.7 Å². The summed E-state index contributed by atoms with van der Waals surface area (Å²) in [4.78, 5) is 76.0. The Bertz CT molecular complexity index is 1020. The van der Waals surface area contributed by atoms with Crippen molar-refractivity contribution in [3.8, 4) is 0 Å². The summed E-state index contributed by atoms with van der Waals surface area (Å²) in [6.45, 7) is 16.3. The van der Waals surface area contributed by atoms with Crippen LogP contribution in [0.2, 0.25) is 0 Å². The molecular formula is C30H51N5O8. The van der Waals surface area contributed by atoms with Crippen LogP contribution in [0.1, 0.15) is 81.6 Å². The zero-order valence-corrected chi connectivity index (χ0v) is 27.0. The van der Waals surface area contributed by atoms with Crippen molar-refractivity contribution in [3.63, 3.8) is 0 Å². The van der Waals surface area contributed by atoms with Gasteiger partial charge in [-0.05, 0) is 65.7 Å². The predicted octanol–water partition coefficient (Wildman–Crippen LogP) is 1.70. The molecule has 0 aromatic carbocycles. The van der Waals surface area contributed by atoms with E-state index in [1.165, 1.54) is 19.1 Å². The molecule has 1 heterocycles. The summed E-state index contributed by atoms with van der Waals surface area (Å²) < 4.78 is 10.1. The van der Waals surface area contributed by atoms with E-state index in [0.717, 1.165) is 0 Å². The second kappa shape index (κ2) is 17.5. The van der Waals surface area contributed by atoms with Crippen LogP contribution >= 0.6 is 0 Å². The van der Waals surface area contributed by atoms with E-state index in [1.54, 1.807) is 41.5 Å². The molecule has 1 rings (SSSR count). The van der Waals surface area contributed by atoms with Gasteiger partial charge < -0.3 is 36.1 Å². The fourth-order valence-electron chi connectivity index (χ4n) is 4.36. The summed E-state index contributed by atoms with van der Waals surface area (Å²) in [5.41, 5.74) is -0.746. The van der Waals surface area contributed by atoms with Crippen molar-refractivity contribution in [2.45, 2.75) is 111 Å². The molecule has 13 heteroatoms. The molecule has 0 aromatic rings. The van der Waals surface area contributed by atoms with Crippen LogP contribution in [0.4, 0.5) is 4.79 Å². The zero-order chi connectivity index (χ0) is 32.9. The Labute approximate surface area is 255 Å². The van der Waals surface area contributed by atoms with E-state index in [0.29, 0.717) is 19.4 Å². The minimum Gasteiger partial charge on any atom is -0.463 e. The van der Waals surface area contributed by atoms with Gasteiger partial charge >= 0.3 is 12.1 Å². The Hall–Kier alpha value is -3.64. The number of carbonyl (C=O) groups is 6. The molecule has 0 unspecified atom stereocenters. The lowest BCUT2D eigenvalue weighted by atomic mass is 9.96. The van der Waals surface area contributed by atoms with E-state index >= 15 is 0 Å². The first-order valence-electron chi connectivity index (χ1n) is 15.0. The van der Waals surface area contributed by atoms with Crippen molar-refractivity contribution in [2.75, 3.05) is 13.2 Å². The van der Waals surface area contributed by atoms with E-state index in [9.17, 15) is 28.8 Å². The van der Waals surface area contributed by atoms with Gasteiger partial charge in [-0.3, -0.25) is 19.2 Å². The molecule has 1 saturated heterocycles. The lowest BCUT2D eigenvalue weighted by molar-refractivity contribution is -0.137. The fourth-order valence-corrected chi connectivity index (χ4v) is 4.36. The standard InChI is InChI=1S/C30H51N5O8/c1-10-42-23(36)12-11-21(16-20-13-14-31-26(20)38)33-27(39)22(15-17(2)3)34-28(40)24(18(4)5)35-25(37)19(6)32-29(41)43-30(7,8)9/h11-12,17-22,24H,10,13-16H2,1-9H3,(H,31,38)(H,32,41)(H,33,39)(H,34,40)(H,35,37)/b12-11+/t19-,20-,21+,22-,24-/m0/s1. The molecule has 1 aliphatic rings. The molecular weight excluding hydrogens is 558 g/mol. The highest BCUT2D eigenvalue weighted by Crippen LogP contribution is 2.18. The van der Waals surface area contributed by atoms with Gasteiger partial charge in [-0.1, -0.05) is 33.8 Å². The Morgan fingerprint density at radius 3 is 2.12 bits per heavy atom. The highest BCUT2D eigenvalue weighted by atomic mass is 16.6. The number of nitrogens with one attached hydrogen (secondary N) is 5. The molecule has 1 aliphatic heterocycles. The van der Waals surface area contributed by atoms with Crippen molar-refractivity contribution < 1.29 is 38.2 Å². The quantitative estimate of drug-likeness (QED) is 0.137. The van der Waals surface area contributed by atoms with Crippen LogP contribution in [0, 0.1) is 17.8 Å². The molecule has 0 spiro atoms. The summed E-state index contributed by atoms with van der Waals surface area (Å²) >= 11 is 0. The number of rotatable bonds is 15. The highest BCUT2D eigenvalue weighted by Gasteiger charge is 2.33. The minimum absolute atomic E-state index is 0.0235. The zero-order valence-electron chi connectivity index (χ0n) is 27.0. The average molecular weight is 610 g/mol. The van der Waals surface area contributed by atoms with Crippen LogP contribution in [-0.4, -0.2) is 78.6 Å². The molecule has 5 amide bonds. The van der Waals surface area contributed by atoms with E-state index in [4.69, 9.17) is 9.47 Å². The summed E-state index contributed by atoms with van der Waals surface area (Å²) in [6, 6.07) is -3.62. The molecule has 0 radical (unpaired) electrons. The second-order valence-corrected chi connectivity index (χ2v) is 12.5. The smallest absolute Gasteiger partial charge is 0.408 e. The molecule has 0 aromatic heterocycles. The van der Waals surface area contributed by atoms with Crippen molar-refractivity contribution >= 4 is 35.7 Å². The maximum Gasteiger partial charge on any atom is 0.408 e. The number of hydrogen-bond donors (Lipinski definition) is 5. The largest absolute Gasteiger partial charge is 0.463 e. The van der Waals surface area contributed by atoms with Gasteiger partial charge in [-0.2, -0.15) is 0 Å². The number of ether oxygens (including phenoxy) is 2. The van der Waals surface area contributed by atoms with Crippen molar-refractivity contribution in [1.29, 1.82) is 0 Å². The second-order valence-electron chi connectivity index (χ2n) is 12.5. The summed E-state index contributed by atoms with van der Waals surface area (Å²) in [5.74, 6) is -3.01. The lowest BCUT2D eigenvalue weighted by Crippen LogP contribution is -2.58. The molecule has 0 aliphatic carbocycles. The number of hydrogen-bond acceptors (Lipinski definition) is 8. The summed E-state index contributed by atoms with van der Waals surface area (Å²) in [5, 5.41) is 13.5. The molecule has 0 saturated carbocycles. The van der Waals surface area contributed by atoms with Gasteiger partial charge in [0.05, 0.1) is 6.61 Å². The Morgan fingerprint density at radius 1 is 0.953 bits per heavy atom. The lowest BCUT2D eigenvalue weighted by Gasteiger charge is -2.28. The maximum atomic E-state index is 13.5. The van der Waals surface area contributed by atoms with Gasteiger partial charge in [-0.25, -0.2) is 9.59 Å². The Balaban J connectivity index is 3.03. The first-order valence-corrected chi connectivity index (χ1v) is 15.0. The third kappa shape index (κ3) is 14.4. The predicted molar refractivity (Wildman–Crippen MR) is 160 cm³/mol. The summed E-state index contributed by atoms with van der Waals surface area (Å²) in [7, 11) is 0. The van der Waals surface area contributed by atoms with Crippen molar-refractivity contribution in [3.05, 3.63) is 12.2 Å². The average Bonchev–Trinajstić information content (AvgIpc) is 3.27. The summed E-state index contributed by atoms with van der Waals surface area (Å²) in [6.07, 6.45) is 3.10. The molecule has 244 valence electrons. The third-order valence-electron chi connectivity index (χ3n) is 6.49. The van der Waals surface area contributed by atoms with Crippen LogP contribution in [0.25, 0.3) is 0 Å². The first kappa shape index (κ1) is 37.4. The number of esters is 1. The van der Waals surface area contributed by atoms with Crippen LogP contribution in [-0.2, 0) is 33.4 Å². The van der Waals surface area contributed by atoms with Crippen molar-refractivity contribution in [1.82, 2.24) is 26.6 Å². The van der Waals surface area contributed by atoms with E-state index < -0.39 is 59.6 Å². The SMILES string of the molecule is CCOC(=O)/C=C/[C@H](C[C@@H]1CCNC1=O)NC(=O)[C@H](CC(C)C)NC(=O)[C@@H](NC(=O)[C@H](C)NC(=O)OC(C)(C)C)C(C)C. The van der Waals surface area contributed by atoms with E-state index in [-0.39, 0.29) is 36.7 Å². The Kier molecular flexibility index (Phi) is 15.2. The molecule has 5 atom stereocenters. The van der Waals surface area contributed by atoms with E-state index in [2.05, 4.69) is 26.6 Å². The Morgan fingerprint density at radius 2 is 1.60 bits per heavy atom. The van der Waals surface area contributed by atoms with Gasteiger partial charge in [0.15, 0.2) is 0 Å². The minimum atomic E-state index is -1.00. The topological polar surface area (TPSA) is 181 Å². The normalized spacial score (nSPS) is 17.9. The van der Waals surface area contributed by atoms with Gasteiger partial charge in [-0.15, -0.1) is 0 Å². The van der Waals surface area contributed by atoms with Gasteiger partial charge in [0.2, 0.25) is 23.6 Å².